The molecule has 0 aliphatic carbocycles. The maximum atomic E-state index is 9.47. The Balaban J connectivity index is 2.43. The number of anilines is 1. The molecule has 1 aromatic heterocycles. The van der Waals surface area contributed by atoms with Crippen molar-refractivity contribution in [2.75, 3.05) is 18.0 Å². The minimum Gasteiger partial charge on any atom is -0.354 e. The number of nitrogens with two attached hydrogens (primary N) is 1. The highest BCUT2D eigenvalue weighted by Crippen LogP contribution is 2.31. The van der Waals surface area contributed by atoms with E-state index in [9.17, 15) is 5.26 Å². The summed E-state index contributed by atoms with van der Waals surface area (Å²) >= 11 is 0. The molecule has 108 valence electrons. The Morgan fingerprint density at radius 1 is 1.25 bits per heavy atom. The molecule has 0 amide bonds. The first-order chi connectivity index (χ1) is 9.36. The van der Waals surface area contributed by atoms with E-state index in [2.05, 4.69) is 29.8 Å². The van der Waals surface area contributed by atoms with Crippen LogP contribution >= 0.6 is 0 Å². The summed E-state index contributed by atoms with van der Waals surface area (Å²) in [6.45, 7) is 12.1. The van der Waals surface area contributed by atoms with Crippen molar-refractivity contribution in [3.05, 3.63) is 22.4 Å². The van der Waals surface area contributed by atoms with E-state index in [1.54, 1.807) is 0 Å². The summed E-state index contributed by atoms with van der Waals surface area (Å²) in [6, 6.07) is 2.48. The summed E-state index contributed by atoms with van der Waals surface area (Å²) in [5.41, 5.74) is 10.1. The Morgan fingerprint density at radius 2 is 1.90 bits per heavy atom. The van der Waals surface area contributed by atoms with E-state index in [0.29, 0.717) is 17.4 Å². The number of nitriles is 1. The summed E-state index contributed by atoms with van der Waals surface area (Å²) in [6.07, 6.45) is 0. The van der Waals surface area contributed by atoms with E-state index in [1.807, 2.05) is 20.8 Å². The van der Waals surface area contributed by atoms with Gasteiger partial charge >= 0.3 is 0 Å². The van der Waals surface area contributed by atoms with Gasteiger partial charge in [-0.25, -0.2) is 4.98 Å². The lowest BCUT2D eigenvalue weighted by Crippen LogP contribution is -2.32. The van der Waals surface area contributed by atoms with Crippen LogP contribution in [-0.4, -0.2) is 24.1 Å². The highest BCUT2D eigenvalue weighted by molar-refractivity contribution is 5.61. The zero-order valence-electron chi connectivity index (χ0n) is 13.1. The molecule has 0 unspecified atom stereocenters. The quantitative estimate of drug-likeness (QED) is 0.897. The lowest BCUT2D eigenvalue weighted by atomic mass is 9.92. The van der Waals surface area contributed by atoms with Crippen LogP contribution in [0.25, 0.3) is 0 Å². The third kappa shape index (κ3) is 2.38. The van der Waals surface area contributed by atoms with Crippen molar-refractivity contribution >= 4 is 5.82 Å². The Hall–Kier alpha value is -1.60. The van der Waals surface area contributed by atoms with Crippen molar-refractivity contribution in [2.45, 2.75) is 40.7 Å². The van der Waals surface area contributed by atoms with E-state index in [1.165, 1.54) is 0 Å². The second kappa shape index (κ2) is 5.41. The highest BCUT2D eigenvalue weighted by Gasteiger charge is 2.34. The summed E-state index contributed by atoms with van der Waals surface area (Å²) in [7, 11) is 0. The monoisotopic (exact) mass is 272 g/mol. The van der Waals surface area contributed by atoms with Crippen molar-refractivity contribution in [1.82, 2.24) is 4.98 Å². The first kappa shape index (κ1) is 14.8. The Bertz CT molecular complexity index is 557. The van der Waals surface area contributed by atoms with Crippen LogP contribution in [0, 0.1) is 43.9 Å². The van der Waals surface area contributed by atoms with Gasteiger partial charge in [-0.1, -0.05) is 13.8 Å². The second-order valence-corrected chi connectivity index (χ2v) is 6.23. The van der Waals surface area contributed by atoms with Crippen LogP contribution in [0.2, 0.25) is 0 Å². The van der Waals surface area contributed by atoms with E-state index in [0.717, 1.165) is 35.7 Å². The van der Waals surface area contributed by atoms with Gasteiger partial charge in [-0.2, -0.15) is 5.26 Å². The average Bonchev–Trinajstić information content (AvgIpc) is 2.77. The molecule has 1 aliphatic rings. The topological polar surface area (TPSA) is 65.9 Å². The van der Waals surface area contributed by atoms with Crippen LogP contribution in [0.1, 0.15) is 36.2 Å². The number of aromatic nitrogens is 1. The van der Waals surface area contributed by atoms with Gasteiger partial charge in [0.2, 0.25) is 0 Å². The smallest absolute Gasteiger partial charge is 0.147 e. The maximum absolute atomic E-state index is 9.47. The standard InChI is InChI=1S/C16H24N4/c1-9(2)14-7-20(8-15(14)18)16-13(6-17)11(4)10(3)12(5)19-16/h9,14-15H,7-8,18H2,1-5H3/t14-,15+/m1/s1. The van der Waals surface area contributed by atoms with E-state index in [4.69, 9.17) is 5.73 Å². The average molecular weight is 272 g/mol. The molecule has 2 N–H and O–H groups in total. The summed E-state index contributed by atoms with van der Waals surface area (Å²) < 4.78 is 0. The molecule has 1 aliphatic heterocycles. The SMILES string of the molecule is Cc1nc(N2C[C@H](C(C)C)[C@@H](N)C2)c(C#N)c(C)c1C. The number of pyridine rings is 1. The van der Waals surface area contributed by atoms with Gasteiger partial charge in [-0.15, -0.1) is 0 Å². The lowest BCUT2D eigenvalue weighted by molar-refractivity contribution is 0.382. The molecule has 2 atom stereocenters. The number of hydrogen-bond acceptors (Lipinski definition) is 4. The number of rotatable bonds is 2. The van der Waals surface area contributed by atoms with Gasteiger partial charge in [0.1, 0.15) is 11.9 Å². The van der Waals surface area contributed by atoms with Crippen molar-refractivity contribution in [3.8, 4) is 6.07 Å². The van der Waals surface area contributed by atoms with Crippen LogP contribution in [0.15, 0.2) is 0 Å². The molecule has 0 bridgehead atoms. The van der Waals surface area contributed by atoms with Crippen LogP contribution in [0.4, 0.5) is 5.82 Å². The maximum Gasteiger partial charge on any atom is 0.147 e. The molecular weight excluding hydrogens is 248 g/mol. The molecule has 2 rings (SSSR count). The Kier molecular flexibility index (Phi) is 4.01. The zero-order valence-corrected chi connectivity index (χ0v) is 13.1. The fourth-order valence-electron chi connectivity index (χ4n) is 3.02. The molecule has 2 heterocycles. The van der Waals surface area contributed by atoms with Gasteiger partial charge in [0, 0.05) is 24.8 Å². The van der Waals surface area contributed by atoms with Crippen molar-refractivity contribution in [1.29, 1.82) is 5.26 Å². The highest BCUT2D eigenvalue weighted by atomic mass is 15.2. The van der Waals surface area contributed by atoms with Gasteiger partial charge in [0.05, 0.1) is 5.56 Å². The minimum absolute atomic E-state index is 0.158. The molecule has 1 saturated heterocycles. The van der Waals surface area contributed by atoms with Gasteiger partial charge in [0.25, 0.3) is 0 Å². The van der Waals surface area contributed by atoms with Crippen molar-refractivity contribution < 1.29 is 0 Å². The normalized spacial score (nSPS) is 22.4. The number of aryl methyl sites for hydroxylation is 1. The molecule has 4 nitrogen and oxygen atoms in total. The molecular formula is C16H24N4. The van der Waals surface area contributed by atoms with Crippen LogP contribution in [0.3, 0.4) is 0 Å². The molecule has 0 saturated carbocycles. The van der Waals surface area contributed by atoms with Gasteiger partial charge in [-0.05, 0) is 43.7 Å². The molecule has 0 radical (unpaired) electrons. The first-order valence-electron chi connectivity index (χ1n) is 7.25. The van der Waals surface area contributed by atoms with Crippen LogP contribution in [-0.2, 0) is 0 Å². The summed E-state index contributed by atoms with van der Waals surface area (Å²) in [5.74, 6) is 1.82. The van der Waals surface area contributed by atoms with Crippen LogP contribution in [0.5, 0.6) is 0 Å². The molecule has 4 heteroatoms. The summed E-state index contributed by atoms with van der Waals surface area (Å²) in [5, 5.41) is 9.47. The predicted octanol–water partition coefficient (Wildman–Crippen LogP) is 2.30. The lowest BCUT2D eigenvalue weighted by Gasteiger charge is -2.22. The van der Waals surface area contributed by atoms with Gasteiger partial charge in [-0.3, -0.25) is 0 Å². The molecule has 0 aromatic carbocycles. The fourth-order valence-corrected chi connectivity index (χ4v) is 3.02. The largest absolute Gasteiger partial charge is 0.354 e. The first-order valence-corrected chi connectivity index (χ1v) is 7.25. The Labute approximate surface area is 121 Å². The molecule has 20 heavy (non-hydrogen) atoms. The van der Waals surface area contributed by atoms with Crippen molar-refractivity contribution in [3.63, 3.8) is 0 Å². The number of nitrogens with zero attached hydrogens (tertiary/aromatic N) is 3. The second-order valence-electron chi connectivity index (χ2n) is 6.23. The predicted molar refractivity (Wildman–Crippen MR) is 81.7 cm³/mol. The molecule has 1 fully saturated rings. The van der Waals surface area contributed by atoms with Crippen molar-refractivity contribution in [2.24, 2.45) is 17.6 Å². The van der Waals surface area contributed by atoms with E-state index >= 15 is 0 Å². The van der Waals surface area contributed by atoms with E-state index < -0.39 is 0 Å². The molecule has 0 spiro atoms. The van der Waals surface area contributed by atoms with Gasteiger partial charge in [0.15, 0.2) is 0 Å². The van der Waals surface area contributed by atoms with Crippen LogP contribution < -0.4 is 10.6 Å². The fraction of sp³-hybridized carbons (Fsp3) is 0.625. The van der Waals surface area contributed by atoms with Gasteiger partial charge < -0.3 is 10.6 Å². The van der Waals surface area contributed by atoms with E-state index in [-0.39, 0.29) is 6.04 Å². The number of hydrogen-bond donors (Lipinski definition) is 1. The Morgan fingerprint density at radius 3 is 2.40 bits per heavy atom. The third-order valence-corrected chi connectivity index (χ3v) is 4.66. The zero-order chi connectivity index (χ0) is 15.0. The summed E-state index contributed by atoms with van der Waals surface area (Å²) in [4.78, 5) is 6.85. The third-order valence-electron chi connectivity index (χ3n) is 4.66. The minimum atomic E-state index is 0.158. The molecule has 1 aromatic rings.